The zero-order valence-electron chi connectivity index (χ0n) is 23.4. The molecule has 3 N–H and O–H groups in total. The number of aliphatic carboxylic acids is 1. The number of carboxylic acid groups (broad SMARTS) is 1. The Hall–Kier alpha value is -3.88. The van der Waals surface area contributed by atoms with E-state index in [9.17, 15) is 27.2 Å². The van der Waals surface area contributed by atoms with Gasteiger partial charge in [0.2, 0.25) is 0 Å². The molecule has 42 heavy (non-hydrogen) atoms. The third-order valence-electron chi connectivity index (χ3n) is 7.85. The van der Waals surface area contributed by atoms with Crippen LogP contribution < -0.4 is 10.6 Å². The Morgan fingerprint density at radius 1 is 0.810 bits per heavy atom. The number of amides is 2. The monoisotopic (exact) mass is 584 g/mol. The fraction of sp³-hybridized carbons (Fsp3) is 0.394. The lowest BCUT2D eigenvalue weighted by Crippen LogP contribution is -2.53. The number of alkyl halides is 3. The normalized spacial score (nSPS) is 15.2. The van der Waals surface area contributed by atoms with E-state index in [0.29, 0.717) is 24.5 Å². The molecule has 5 nitrogen and oxygen atoms in total. The first-order chi connectivity index (χ1) is 20.0. The van der Waals surface area contributed by atoms with Crippen molar-refractivity contribution in [2.45, 2.75) is 82.0 Å². The van der Waals surface area contributed by atoms with Gasteiger partial charge in [-0.15, -0.1) is 0 Å². The van der Waals surface area contributed by atoms with Crippen molar-refractivity contribution in [1.82, 2.24) is 10.6 Å². The molecule has 1 saturated carbocycles. The molecular weight excluding hydrogens is 548 g/mol. The molecule has 0 bridgehead atoms. The first-order valence-corrected chi connectivity index (χ1v) is 14.4. The highest BCUT2D eigenvalue weighted by molar-refractivity contribution is 5.76. The van der Waals surface area contributed by atoms with Crippen LogP contribution in [0.15, 0.2) is 72.8 Å². The van der Waals surface area contributed by atoms with E-state index in [1.54, 1.807) is 24.3 Å². The number of hydrogen-bond donors (Lipinski definition) is 3. The fourth-order valence-electron chi connectivity index (χ4n) is 5.68. The zero-order valence-corrected chi connectivity index (χ0v) is 23.4. The summed E-state index contributed by atoms with van der Waals surface area (Å²) in [5.74, 6) is -1.88. The molecule has 0 aromatic heterocycles. The number of carbonyl (C=O) groups is 2. The van der Waals surface area contributed by atoms with Crippen molar-refractivity contribution in [1.29, 1.82) is 0 Å². The molecule has 1 atom stereocenters. The van der Waals surface area contributed by atoms with Crippen molar-refractivity contribution in [2.75, 3.05) is 0 Å². The highest BCUT2D eigenvalue weighted by Crippen LogP contribution is 2.38. The van der Waals surface area contributed by atoms with E-state index in [0.717, 1.165) is 61.8 Å². The molecule has 0 saturated heterocycles. The van der Waals surface area contributed by atoms with Crippen LogP contribution in [0, 0.1) is 5.82 Å². The average molecular weight is 585 g/mol. The second kappa shape index (κ2) is 13.9. The predicted octanol–water partition coefficient (Wildman–Crippen LogP) is 7.76. The topological polar surface area (TPSA) is 78.4 Å². The van der Waals surface area contributed by atoms with Crippen molar-refractivity contribution in [3.8, 4) is 0 Å². The highest BCUT2D eigenvalue weighted by Gasteiger charge is 2.40. The molecule has 1 unspecified atom stereocenters. The largest absolute Gasteiger partial charge is 0.481 e. The Kier molecular flexibility index (Phi) is 10.2. The molecule has 0 spiro atoms. The lowest BCUT2D eigenvalue weighted by atomic mass is 9.77. The summed E-state index contributed by atoms with van der Waals surface area (Å²) < 4.78 is 56.5. The third-order valence-corrected chi connectivity index (χ3v) is 7.85. The standard InChI is InChI=1S/C33H36F4N2O3/c34-28-20-26(19-27(21-28)33(35,36)37)32(22-24-10-4-1-5-11-24,39-31(42)38-29-12-7-8-13-29)25-17-15-23(16-18-25)9-3-2-6-14-30(40)41/h1,4-5,10-11,15-21,29H,2-3,6-9,12-14,22H2,(H,40,41)(H2,38,39,42). The van der Waals surface area contributed by atoms with E-state index in [1.165, 1.54) is 0 Å². The van der Waals surface area contributed by atoms with Crippen LogP contribution in [0.3, 0.4) is 0 Å². The summed E-state index contributed by atoms with van der Waals surface area (Å²) >= 11 is 0. The SMILES string of the molecule is O=C(O)CCCCCc1ccc(C(Cc2ccccc2)(NC(=O)NC2CCCC2)c2cc(F)cc(C(F)(F)F)c2)cc1. The molecule has 3 aromatic carbocycles. The second-order valence-corrected chi connectivity index (χ2v) is 11.0. The molecule has 1 aliphatic rings. The minimum atomic E-state index is -4.79. The van der Waals surface area contributed by atoms with Gasteiger partial charge in [0.05, 0.1) is 11.1 Å². The summed E-state index contributed by atoms with van der Waals surface area (Å²) in [5.41, 5.74) is -0.437. The smallest absolute Gasteiger partial charge is 0.416 e. The summed E-state index contributed by atoms with van der Waals surface area (Å²) in [5, 5.41) is 14.8. The second-order valence-electron chi connectivity index (χ2n) is 11.0. The summed E-state index contributed by atoms with van der Waals surface area (Å²) in [6.07, 6.45) is 1.82. The summed E-state index contributed by atoms with van der Waals surface area (Å²) in [4.78, 5) is 24.2. The summed E-state index contributed by atoms with van der Waals surface area (Å²) in [6, 6.07) is 18.2. The number of urea groups is 1. The van der Waals surface area contributed by atoms with E-state index in [1.807, 2.05) is 30.3 Å². The molecule has 0 heterocycles. The van der Waals surface area contributed by atoms with E-state index >= 15 is 0 Å². The van der Waals surface area contributed by atoms with Crippen molar-refractivity contribution in [3.05, 3.63) is 106 Å². The Labute approximate surface area is 243 Å². The van der Waals surface area contributed by atoms with Gasteiger partial charge >= 0.3 is 18.2 Å². The van der Waals surface area contributed by atoms with E-state index in [2.05, 4.69) is 10.6 Å². The number of hydrogen-bond acceptors (Lipinski definition) is 2. The Bertz CT molecular complexity index is 1340. The molecular formula is C33H36F4N2O3. The van der Waals surface area contributed by atoms with E-state index in [-0.39, 0.29) is 24.4 Å². The number of aryl methyl sites for hydroxylation is 1. The van der Waals surface area contributed by atoms with Gasteiger partial charge in [-0.05, 0) is 72.6 Å². The van der Waals surface area contributed by atoms with E-state index in [4.69, 9.17) is 5.11 Å². The Balaban J connectivity index is 1.75. The van der Waals surface area contributed by atoms with Gasteiger partial charge in [0.1, 0.15) is 5.82 Å². The average Bonchev–Trinajstić information content (AvgIpc) is 3.45. The van der Waals surface area contributed by atoms with Crippen LogP contribution in [0.4, 0.5) is 22.4 Å². The van der Waals surface area contributed by atoms with Crippen molar-refractivity contribution in [2.24, 2.45) is 0 Å². The van der Waals surface area contributed by atoms with Crippen LogP contribution in [0.5, 0.6) is 0 Å². The van der Waals surface area contributed by atoms with Gasteiger partial charge in [-0.2, -0.15) is 13.2 Å². The number of carbonyl (C=O) groups excluding carboxylic acids is 1. The summed E-state index contributed by atoms with van der Waals surface area (Å²) in [7, 11) is 0. The molecule has 1 fully saturated rings. The van der Waals surface area contributed by atoms with Crippen LogP contribution in [0.2, 0.25) is 0 Å². The number of rotatable bonds is 12. The number of carboxylic acids is 1. The number of nitrogens with one attached hydrogen (secondary N) is 2. The van der Waals surface area contributed by atoms with Crippen LogP contribution in [-0.4, -0.2) is 23.1 Å². The van der Waals surface area contributed by atoms with Gasteiger partial charge in [-0.1, -0.05) is 73.9 Å². The molecule has 4 rings (SSSR count). The number of benzene rings is 3. The van der Waals surface area contributed by atoms with Gasteiger partial charge in [-0.25, -0.2) is 9.18 Å². The summed E-state index contributed by atoms with van der Waals surface area (Å²) in [6.45, 7) is 0. The van der Waals surface area contributed by atoms with Crippen molar-refractivity contribution >= 4 is 12.0 Å². The molecule has 3 aromatic rings. The van der Waals surface area contributed by atoms with Gasteiger partial charge in [0, 0.05) is 18.9 Å². The van der Waals surface area contributed by atoms with Crippen molar-refractivity contribution in [3.63, 3.8) is 0 Å². The Morgan fingerprint density at radius 3 is 2.12 bits per heavy atom. The van der Waals surface area contributed by atoms with Gasteiger partial charge in [0.25, 0.3) is 0 Å². The minimum Gasteiger partial charge on any atom is -0.481 e. The third kappa shape index (κ3) is 8.33. The lowest BCUT2D eigenvalue weighted by molar-refractivity contribution is -0.138. The quantitative estimate of drug-likeness (QED) is 0.150. The van der Waals surface area contributed by atoms with Crippen LogP contribution in [-0.2, 0) is 29.4 Å². The fourth-order valence-corrected chi connectivity index (χ4v) is 5.68. The molecule has 2 amide bonds. The predicted molar refractivity (Wildman–Crippen MR) is 153 cm³/mol. The maximum Gasteiger partial charge on any atom is 0.416 e. The first-order valence-electron chi connectivity index (χ1n) is 14.4. The zero-order chi connectivity index (χ0) is 30.2. The molecule has 9 heteroatoms. The van der Waals surface area contributed by atoms with E-state index < -0.39 is 35.1 Å². The first kappa shape index (κ1) is 31.1. The van der Waals surface area contributed by atoms with Gasteiger partial charge < -0.3 is 15.7 Å². The molecule has 224 valence electrons. The maximum atomic E-state index is 14.9. The highest BCUT2D eigenvalue weighted by atomic mass is 19.4. The molecule has 1 aliphatic carbocycles. The Morgan fingerprint density at radius 2 is 1.48 bits per heavy atom. The maximum absolute atomic E-state index is 14.9. The number of halogens is 4. The van der Waals surface area contributed by atoms with Crippen LogP contribution in [0.1, 0.15) is 79.2 Å². The van der Waals surface area contributed by atoms with Gasteiger partial charge in [0.15, 0.2) is 0 Å². The molecule has 0 aliphatic heterocycles. The van der Waals surface area contributed by atoms with Crippen LogP contribution in [0.25, 0.3) is 0 Å². The van der Waals surface area contributed by atoms with Crippen molar-refractivity contribution < 1.29 is 32.3 Å². The van der Waals surface area contributed by atoms with Gasteiger partial charge in [-0.3, -0.25) is 4.79 Å². The minimum absolute atomic E-state index is 0.0123. The number of unbranched alkanes of at least 4 members (excludes halogenated alkanes) is 2. The lowest BCUT2D eigenvalue weighted by Gasteiger charge is -2.37. The van der Waals surface area contributed by atoms with Crippen LogP contribution >= 0.6 is 0 Å². The molecule has 0 radical (unpaired) electrons.